The van der Waals surface area contributed by atoms with Crippen LogP contribution >= 0.6 is 27.5 Å². The van der Waals surface area contributed by atoms with Gasteiger partial charge in [0, 0.05) is 5.02 Å². The Bertz CT molecular complexity index is 740. The molecule has 1 aliphatic heterocycles. The Kier molecular flexibility index (Phi) is 5.48. The summed E-state index contributed by atoms with van der Waals surface area (Å²) < 4.78 is 17.5. The van der Waals surface area contributed by atoms with Crippen LogP contribution in [0.2, 0.25) is 5.02 Å². The van der Waals surface area contributed by atoms with Crippen LogP contribution < -0.4 is 19.5 Å². The molecule has 1 aliphatic rings. The molecular formula is C17H15BrClNO4. The monoisotopic (exact) mass is 411 g/mol. The van der Waals surface area contributed by atoms with Crippen LogP contribution in [0.15, 0.2) is 46.9 Å². The van der Waals surface area contributed by atoms with Crippen molar-refractivity contribution in [2.75, 3.05) is 19.8 Å². The molecule has 0 spiro atoms. The van der Waals surface area contributed by atoms with Gasteiger partial charge in [0.15, 0.2) is 18.1 Å². The number of para-hydroxylation sites is 2. The number of carbonyl (C=O) groups excluding carboxylic acids is 1. The van der Waals surface area contributed by atoms with Crippen molar-refractivity contribution in [1.29, 1.82) is 0 Å². The first-order valence-electron chi connectivity index (χ1n) is 7.35. The smallest absolute Gasteiger partial charge is 0.258 e. The Labute approximate surface area is 153 Å². The number of benzene rings is 2. The van der Waals surface area contributed by atoms with Crippen molar-refractivity contribution >= 4 is 33.4 Å². The average molecular weight is 413 g/mol. The summed E-state index contributed by atoms with van der Waals surface area (Å²) in [6.07, 6.45) is -0.230. The molecule has 126 valence electrons. The van der Waals surface area contributed by atoms with Gasteiger partial charge in [0.2, 0.25) is 0 Å². The number of carbonyl (C=O) groups is 1. The van der Waals surface area contributed by atoms with E-state index in [1.54, 1.807) is 18.2 Å². The van der Waals surface area contributed by atoms with Crippen molar-refractivity contribution in [1.82, 2.24) is 5.32 Å². The van der Waals surface area contributed by atoms with E-state index >= 15 is 0 Å². The van der Waals surface area contributed by atoms with Gasteiger partial charge in [0.25, 0.3) is 5.91 Å². The fourth-order valence-electron chi connectivity index (χ4n) is 2.18. The third kappa shape index (κ3) is 4.33. The maximum Gasteiger partial charge on any atom is 0.258 e. The maximum absolute atomic E-state index is 11.9. The molecule has 1 amide bonds. The summed E-state index contributed by atoms with van der Waals surface area (Å²) in [6, 6.07) is 12.6. The molecule has 0 aliphatic carbocycles. The molecule has 0 bridgehead atoms. The zero-order chi connectivity index (χ0) is 16.9. The van der Waals surface area contributed by atoms with Crippen molar-refractivity contribution in [2.24, 2.45) is 0 Å². The Morgan fingerprint density at radius 2 is 2.08 bits per heavy atom. The van der Waals surface area contributed by atoms with Crippen LogP contribution in [0, 0.1) is 0 Å². The number of rotatable bonds is 5. The van der Waals surface area contributed by atoms with E-state index in [-0.39, 0.29) is 18.6 Å². The summed E-state index contributed by atoms with van der Waals surface area (Å²) in [6.45, 7) is 0.642. The van der Waals surface area contributed by atoms with E-state index < -0.39 is 0 Å². The Balaban J connectivity index is 1.45. The summed E-state index contributed by atoms with van der Waals surface area (Å²) in [5.74, 6) is 1.72. The number of halogens is 2. The number of nitrogens with one attached hydrogen (secondary N) is 1. The minimum Gasteiger partial charge on any atom is -0.486 e. The number of hydrogen-bond acceptors (Lipinski definition) is 4. The molecular weight excluding hydrogens is 398 g/mol. The number of fused-ring (bicyclic) bond motifs is 1. The van der Waals surface area contributed by atoms with Gasteiger partial charge < -0.3 is 19.5 Å². The summed E-state index contributed by atoms with van der Waals surface area (Å²) in [7, 11) is 0. The van der Waals surface area contributed by atoms with Crippen LogP contribution in [0.3, 0.4) is 0 Å². The highest BCUT2D eigenvalue weighted by Crippen LogP contribution is 2.30. The minimum atomic E-state index is -0.237. The first kappa shape index (κ1) is 16.9. The average Bonchev–Trinajstić information content (AvgIpc) is 2.59. The van der Waals surface area contributed by atoms with Crippen LogP contribution in [-0.4, -0.2) is 31.8 Å². The lowest BCUT2D eigenvalue weighted by atomic mass is 10.2. The van der Waals surface area contributed by atoms with Crippen LogP contribution in [0.4, 0.5) is 0 Å². The molecule has 0 saturated carbocycles. The third-order valence-electron chi connectivity index (χ3n) is 3.35. The molecule has 2 aromatic carbocycles. The molecule has 1 unspecified atom stereocenters. The molecule has 0 radical (unpaired) electrons. The summed E-state index contributed by atoms with van der Waals surface area (Å²) in [5, 5.41) is 3.37. The fraction of sp³-hybridized carbons (Fsp3) is 0.235. The lowest BCUT2D eigenvalue weighted by Crippen LogP contribution is -2.42. The van der Waals surface area contributed by atoms with Crippen molar-refractivity contribution in [2.45, 2.75) is 6.10 Å². The number of amides is 1. The largest absolute Gasteiger partial charge is 0.486 e. The maximum atomic E-state index is 11.9. The highest BCUT2D eigenvalue weighted by atomic mass is 79.9. The van der Waals surface area contributed by atoms with Gasteiger partial charge in [-0.05, 0) is 46.3 Å². The lowest BCUT2D eigenvalue weighted by Gasteiger charge is -2.26. The first-order valence-corrected chi connectivity index (χ1v) is 8.52. The van der Waals surface area contributed by atoms with Crippen molar-refractivity contribution in [3.05, 3.63) is 52.0 Å². The third-order valence-corrected chi connectivity index (χ3v) is 4.20. The van der Waals surface area contributed by atoms with E-state index in [1.807, 2.05) is 24.3 Å². The molecule has 3 rings (SSSR count). The van der Waals surface area contributed by atoms with Crippen molar-refractivity contribution in [3.63, 3.8) is 0 Å². The van der Waals surface area contributed by atoms with Gasteiger partial charge in [-0.15, -0.1) is 0 Å². The first-order chi connectivity index (χ1) is 11.6. The highest BCUT2D eigenvalue weighted by Gasteiger charge is 2.21. The Hall–Kier alpha value is -1.92. The second kappa shape index (κ2) is 7.77. The second-order valence-electron chi connectivity index (χ2n) is 5.17. The molecule has 0 fully saturated rings. The molecule has 0 saturated heterocycles. The fourth-order valence-corrected chi connectivity index (χ4v) is 2.98. The van der Waals surface area contributed by atoms with Gasteiger partial charge in [-0.3, -0.25) is 4.79 Å². The van der Waals surface area contributed by atoms with Crippen molar-refractivity contribution < 1.29 is 19.0 Å². The molecule has 1 atom stereocenters. The lowest BCUT2D eigenvalue weighted by molar-refractivity contribution is -0.123. The van der Waals surface area contributed by atoms with Gasteiger partial charge in [-0.25, -0.2) is 0 Å². The van der Waals surface area contributed by atoms with E-state index in [1.165, 1.54) is 0 Å². The standard InChI is InChI=1S/C17H15BrClNO4/c18-13-7-11(19)5-6-14(13)23-10-17(21)20-8-12-9-22-15-3-1-2-4-16(15)24-12/h1-7,12H,8-10H2,(H,20,21). The molecule has 5 nitrogen and oxygen atoms in total. The topological polar surface area (TPSA) is 56.8 Å². The van der Waals surface area contributed by atoms with E-state index in [4.69, 9.17) is 25.8 Å². The number of hydrogen-bond donors (Lipinski definition) is 1. The van der Waals surface area contributed by atoms with Crippen LogP contribution in [-0.2, 0) is 4.79 Å². The Morgan fingerprint density at radius 1 is 1.29 bits per heavy atom. The molecule has 2 aromatic rings. The minimum absolute atomic E-state index is 0.0929. The Morgan fingerprint density at radius 3 is 2.88 bits per heavy atom. The summed E-state index contributed by atoms with van der Waals surface area (Å²) in [5.41, 5.74) is 0. The molecule has 24 heavy (non-hydrogen) atoms. The zero-order valence-electron chi connectivity index (χ0n) is 12.6. The van der Waals surface area contributed by atoms with E-state index in [9.17, 15) is 4.79 Å². The molecule has 0 aromatic heterocycles. The molecule has 1 N–H and O–H groups in total. The van der Waals surface area contributed by atoms with Gasteiger partial charge >= 0.3 is 0 Å². The SMILES string of the molecule is O=C(COc1ccc(Cl)cc1Br)NCC1COc2ccccc2O1. The summed E-state index contributed by atoms with van der Waals surface area (Å²) in [4.78, 5) is 11.9. The van der Waals surface area contributed by atoms with Gasteiger partial charge in [0.1, 0.15) is 18.5 Å². The van der Waals surface area contributed by atoms with E-state index in [0.29, 0.717) is 34.1 Å². The number of ether oxygens (including phenoxy) is 3. The quantitative estimate of drug-likeness (QED) is 0.817. The second-order valence-corrected chi connectivity index (χ2v) is 6.46. The predicted molar refractivity (Wildman–Crippen MR) is 94.0 cm³/mol. The van der Waals surface area contributed by atoms with Crippen molar-refractivity contribution in [3.8, 4) is 17.2 Å². The highest BCUT2D eigenvalue weighted by molar-refractivity contribution is 9.10. The molecule has 7 heteroatoms. The van der Waals surface area contributed by atoms with Gasteiger partial charge in [0.05, 0.1) is 11.0 Å². The van der Waals surface area contributed by atoms with Gasteiger partial charge in [-0.1, -0.05) is 23.7 Å². The predicted octanol–water partition coefficient (Wildman–Crippen LogP) is 3.44. The van der Waals surface area contributed by atoms with Crippen LogP contribution in [0.1, 0.15) is 0 Å². The van der Waals surface area contributed by atoms with Crippen LogP contribution in [0.5, 0.6) is 17.2 Å². The van der Waals surface area contributed by atoms with E-state index in [2.05, 4.69) is 21.2 Å². The molecule has 1 heterocycles. The van der Waals surface area contributed by atoms with Gasteiger partial charge in [-0.2, -0.15) is 0 Å². The van der Waals surface area contributed by atoms with E-state index in [0.717, 1.165) is 5.75 Å². The zero-order valence-corrected chi connectivity index (χ0v) is 15.0. The normalized spacial score (nSPS) is 15.7. The summed E-state index contributed by atoms with van der Waals surface area (Å²) >= 11 is 9.20. The van der Waals surface area contributed by atoms with Crippen LogP contribution in [0.25, 0.3) is 0 Å².